The average molecular weight is 225 g/mol. The highest BCUT2D eigenvalue weighted by Gasteiger charge is 2.16. The molecule has 0 aliphatic heterocycles. The van der Waals surface area contributed by atoms with Gasteiger partial charge in [0.05, 0.1) is 6.54 Å². The molecular weight excluding hydrogens is 208 g/mol. The molecule has 0 unspecified atom stereocenters. The molecule has 0 fully saturated rings. The van der Waals surface area contributed by atoms with Gasteiger partial charge in [0, 0.05) is 0 Å². The van der Waals surface area contributed by atoms with Crippen LogP contribution in [0.3, 0.4) is 0 Å². The number of nitrogens with two attached hydrogens (primary N) is 1. The van der Waals surface area contributed by atoms with Gasteiger partial charge in [-0.2, -0.15) is 0 Å². The van der Waals surface area contributed by atoms with E-state index in [1.807, 2.05) is 0 Å². The van der Waals surface area contributed by atoms with Gasteiger partial charge in [0.25, 0.3) is 0 Å². The Morgan fingerprint density at radius 1 is 1.36 bits per heavy atom. The van der Waals surface area contributed by atoms with Crippen LogP contribution in [0, 0.1) is 0 Å². The van der Waals surface area contributed by atoms with Crippen LogP contribution in [0.25, 0.3) is 0 Å². The van der Waals surface area contributed by atoms with Crippen molar-refractivity contribution in [3.8, 4) is 0 Å². The molecule has 0 aliphatic rings. The van der Waals surface area contributed by atoms with Crippen LogP contribution in [0.5, 0.6) is 0 Å². The standard InChI is InChI=1S/C8H16N2O3.ClH/c1-8(2,3)13-7(12)5-10-6(11)4-9;/h4-5,9H2,1-3H3,(H,10,11);1H. The Kier molecular flexibility index (Phi) is 7.40. The molecule has 3 N–H and O–H groups in total. The van der Waals surface area contributed by atoms with Crippen LogP contribution in [0.2, 0.25) is 0 Å². The van der Waals surface area contributed by atoms with E-state index < -0.39 is 11.6 Å². The highest BCUT2D eigenvalue weighted by Crippen LogP contribution is 2.05. The van der Waals surface area contributed by atoms with E-state index >= 15 is 0 Å². The first-order valence-corrected chi connectivity index (χ1v) is 4.04. The number of esters is 1. The molecule has 0 heterocycles. The molecule has 0 radical (unpaired) electrons. The van der Waals surface area contributed by atoms with Crippen LogP contribution in [0.1, 0.15) is 20.8 Å². The Bertz CT molecular complexity index is 201. The molecule has 0 atom stereocenters. The Morgan fingerprint density at radius 2 is 1.86 bits per heavy atom. The number of ether oxygens (including phenoxy) is 1. The number of hydrogen-bond acceptors (Lipinski definition) is 4. The number of halogens is 1. The Labute approximate surface area is 89.8 Å². The maximum absolute atomic E-state index is 11.0. The van der Waals surface area contributed by atoms with E-state index in [0.29, 0.717) is 0 Å². The Balaban J connectivity index is 0. The number of hydrogen-bond donors (Lipinski definition) is 2. The lowest BCUT2D eigenvalue weighted by Gasteiger charge is -2.19. The molecular formula is C8H17ClN2O3. The SMILES string of the molecule is CC(C)(C)OC(=O)CNC(=O)CN.Cl. The second-order valence-corrected chi connectivity index (χ2v) is 3.57. The van der Waals surface area contributed by atoms with E-state index in [4.69, 9.17) is 10.5 Å². The summed E-state index contributed by atoms with van der Waals surface area (Å²) < 4.78 is 4.94. The first-order valence-electron chi connectivity index (χ1n) is 4.04. The fourth-order valence-corrected chi connectivity index (χ4v) is 0.621. The molecule has 0 spiro atoms. The first kappa shape index (κ1) is 15.7. The van der Waals surface area contributed by atoms with Crippen molar-refractivity contribution in [1.29, 1.82) is 0 Å². The van der Waals surface area contributed by atoms with Gasteiger partial charge in [0.1, 0.15) is 12.1 Å². The minimum Gasteiger partial charge on any atom is -0.459 e. The molecule has 0 aromatic rings. The van der Waals surface area contributed by atoms with E-state index in [2.05, 4.69) is 5.32 Å². The van der Waals surface area contributed by atoms with Crippen molar-refractivity contribution in [3.63, 3.8) is 0 Å². The largest absolute Gasteiger partial charge is 0.459 e. The van der Waals surface area contributed by atoms with E-state index in [-0.39, 0.29) is 31.4 Å². The molecule has 5 nitrogen and oxygen atoms in total. The molecule has 84 valence electrons. The van der Waals surface area contributed by atoms with E-state index in [0.717, 1.165) is 0 Å². The van der Waals surface area contributed by atoms with Gasteiger partial charge in [-0.15, -0.1) is 12.4 Å². The van der Waals surface area contributed by atoms with Gasteiger partial charge in [-0.1, -0.05) is 0 Å². The summed E-state index contributed by atoms with van der Waals surface area (Å²) in [4.78, 5) is 21.6. The predicted molar refractivity (Wildman–Crippen MR) is 55.2 cm³/mol. The number of nitrogens with one attached hydrogen (secondary N) is 1. The van der Waals surface area contributed by atoms with Crippen molar-refractivity contribution in [3.05, 3.63) is 0 Å². The second kappa shape index (κ2) is 6.62. The number of rotatable bonds is 3. The second-order valence-electron chi connectivity index (χ2n) is 3.57. The van der Waals surface area contributed by atoms with Crippen molar-refractivity contribution in [1.82, 2.24) is 5.32 Å². The van der Waals surface area contributed by atoms with Crippen LogP contribution >= 0.6 is 12.4 Å². The van der Waals surface area contributed by atoms with Gasteiger partial charge in [-0.05, 0) is 20.8 Å². The van der Waals surface area contributed by atoms with Crippen molar-refractivity contribution >= 4 is 24.3 Å². The molecule has 14 heavy (non-hydrogen) atoms. The Hall–Kier alpha value is -0.810. The summed E-state index contributed by atoms with van der Waals surface area (Å²) in [6.45, 7) is 5.02. The fourth-order valence-electron chi connectivity index (χ4n) is 0.621. The summed E-state index contributed by atoms with van der Waals surface area (Å²) in [5, 5.41) is 2.32. The van der Waals surface area contributed by atoms with Gasteiger partial charge >= 0.3 is 5.97 Å². The Morgan fingerprint density at radius 3 is 2.21 bits per heavy atom. The quantitative estimate of drug-likeness (QED) is 0.652. The van der Waals surface area contributed by atoms with Gasteiger partial charge < -0.3 is 15.8 Å². The summed E-state index contributed by atoms with van der Waals surface area (Å²) in [7, 11) is 0. The normalized spacial score (nSPS) is 10.0. The van der Waals surface area contributed by atoms with Crippen LogP contribution in [-0.4, -0.2) is 30.6 Å². The maximum Gasteiger partial charge on any atom is 0.325 e. The molecule has 0 aromatic carbocycles. The third kappa shape index (κ3) is 9.28. The molecule has 6 heteroatoms. The third-order valence-corrected chi connectivity index (χ3v) is 1.04. The average Bonchev–Trinajstić information content (AvgIpc) is 1.97. The summed E-state index contributed by atoms with van der Waals surface area (Å²) in [6, 6.07) is 0. The van der Waals surface area contributed by atoms with Crippen LogP contribution in [-0.2, 0) is 14.3 Å². The fraction of sp³-hybridized carbons (Fsp3) is 0.750. The lowest BCUT2D eigenvalue weighted by molar-refractivity contribution is -0.154. The van der Waals surface area contributed by atoms with Gasteiger partial charge in [-0.3, -0.25) is 9.59 Å². The monoisotopic (exact) mass is 224 g/mol. The number of carbonyl (C=O) groups is 2. The molecule has 0 saturated heterocycles. The molecule has 0 aromatic heterocycles. The van der Waals surface area contributed by atoms with E-state index in [1.165, 1.54) is 0 Å². The summed E-state index contributed by atoms with van der Waals surface area (Å²) >= 11 is 0. The zero-order valence-electron chi connectivity index (χ0n) is 8.62. The van der Waals surface area contributed by atoms with Crippen LogP contribution in [0.15, 0.2) is 0 Å². The minimum atomic E-state index is -0.523. The van der Waals surface area contributed by atoms with Crippen LogP contribution in [0.4, 0.5) is 0 Å². The lowest BCUT2D eigenvalue weighted by atomic mass is 10.2. The molecule has 0 aliphatic carbocycles. The van der Waals surface area contributed by atoms with Crippen molar-refractivity contribution in [2.75, 3.05) is 13.1 Å². The molecule has 0 bridgehead atoms. The summed E-state index contributed by atoms with van der Waals surface area (Å²) in [5.74, 6) is -0.833. The van der Waals surface area contributed by atoms with E-state index in [1.54, 1.807) is 20.8 Å². The van der Waals surface area contributed by atoms with E-state index in [9.17, 15) is 9.59 Å². The maximum atomic E-state index is 11.0. The zero-order chi connectivity index (χ0) is 10.5. The van der Waals surface area contributed by atoms with Gasteiger partial charge in [0.15, 0.2) is 0 Å². The number of carbonyl (C=O) groups excluding carboxylic acids is 2. The smallest absolute Gasteiger partial charge is 0.325 e. The molecule has 0 rings (SSSR count). The summed E-state index contributed by atoms with van der Waals surface area (Å²) in [6.07, 6.45) is 0. The predicted octanol–water partition coefficient (Wildman–Crippen LogP) is -0.175. The van der Waals surface area contributed by atoms with Crippen molar-refractivity contribution in [2.45, 2.75) is 26.4 Å². The van der Waals surface area contributed by atoms with Gasteiger partial charge in [0.2, 0.25) is 5.91 Å². The third-order valence-electron chi connectivity index (χ3n) is 1.04. The van der Waals surface area contributed by atoms with Gasteiger partial charge in [-0.25, -0.2) is 0 Å². The lowest BCUT2D eigenvalue weighted by Crippen LogP contribution is -2.37. The number of amides is 1. The highest BCUT2D eigenvalue weighted by atomic mass is 35.5. The molecule has 1 amide bonds. The summed E-state index contributed by atoms with van der Waals surface area (Å²) in [5.41, 5.74) is 4.50. The topological polar surface area (TPSA) is 81.4 Å². The highest BCUT2D eigenvalue weighted by molar-refractivity contribution is 5.85. The van der Waals surface area contributed by atoms with Crippen molar-refractivity contribution in [2.24, 2.45) is 5.73 Å². The molecule has 0 saturated carbocycles. The van der Waals surface area contributed by atoms with Crippen LogP contribution < -0.4 is 11.1 Å². The van der Waals surface area contributed by atoms with Crippen molar-refractivity contribution < 1.29 is 14.3 Å². The minimum absolute atomic E-state index is 0. The zero-order valence-corrected chi connectivity index (χ0v) is 9.44. The first-order chi connectivity index (χ1) is 5.85.